The van der Waals surface area contributed by atoms with Crippen LogP contribution in [-0.2, 0) is 6.54 Å². The Kier molecular flexibility index (Phi) is 4.57. The lowest BCUT2D eigenvalue weighted by Gasteiger charge is -2.27. The molecular weight excluding hydrogens is 451 g/mol. The van der Waals surface area contributed by atoms with Crippen LogP contribution < -0.4 is 10.4 Å². The van der Waals surface area contributed by atoms with Gasteiger partial charge in [0.1, 0.15) is 30.0 Å². The molecule has 0 spiro atoms. The van der Waals surface area contributed by atoms with Crippen molar-refractivity contribution in [2.24, 2.45) is 0 Å². The maximum atomic E-state index is 14.9. The van der Waals surface area contributed by atoms with Crippen molar-refractivity contribution in [3.05, 3.63) is 76.4 Å². The van der Waals surface area contributed by atoms with Crippen LogP contribution in [0.4, 0.5) is 4.39 Å². The van der Waals surface area contributed by atoms with Gasteiger partial charge in [-0.1, -0.05) is 6.07 Å². The molecule has 170 valence electrons. The third-order valence-electron chi connectivity index (χ3n) is 6.12. The Balaban J connectivity index is 1.62. The second kappa shape index (κ2) is 7.78. The number of rotatable bonds is 3. The van der Waals surface area contributed by atoms with E-state index in [9.17, 15) is 19.7 Å². The van der Waals surface area contributed by atoms with E-state index in [1.165, 1.54) is 27.7 Å². The van der Waals surface area contributed by atoms with Gasteiger partial charge in [-0.3, -0.25) is 13.7 Å². The lowest BCUT2D eigenvalue weighted by molar-refractivity contribution is 0.250. The maximum Gasteiger partial charge on any atom is 0.331 e. The van der Waals surface area contributed by atoms with E-state index in [1.54, 1.807) is 34.9 Å². The Hall–Kier alpha value is -5.03. The highest BCUT2D eigenvalue weighted by atomic mass is 19.1. The zero-order valence-electron chi connectivity index (χ0n) is 18.1. The van der Waals surface area contributed by atoms with Gasteiger partial charge in [0.15, 0.2) is 5.65 Å². The maximum absolute atomic E-state index is 14.9. The third-order valence-corrected chi connectivity index (χ3v) is 6.12. The van der Waals surface area contributed by atoms with Crippen molar-refractivity contribution in [1.29, 1.82) is 10.5 Å². The lowest BCUT2D eigenvalue weighted by Crippen LogP contribution is -2.31. The van der Waals surface area contributed by atoms with E-state index in [0.717, 1.165) is 0 Å². The van der Waals surface area contributed by atoms with E-state index in [4.69, 9.17) is 4.74 Å². The number of nitrogens with zero attached hydrogens (tertiary/aromatic N) is 8. The van der Waals surface area contributed by atoms with Crippen molar-refractivity contribution >= 4 is 22.2 Å². The fourth-order valence-corrected chi connectivity index (χ4v) is 4.56. The quantitative estimate of drug-likeness (QED) is 0.400. The summed E-state index contributed by atoms with van der Waals surface area (Å²) >= 11 is 0. The van der Waals surface area contributed by atoms with Gasteiger partial charge in [-0.05, 0) is 30.3 Å². The summed E-state index contributed by atoms with van der Waals surface area (Å²) in [6.45, 7) is 0.0808. The van der Waals surface area contributed by atoms with Crippen LogP contribution in [0.5, 0.6) is 5.75 Å². The normalized spacial score (nSPS) is 14.9. The Morgan fingerprint density at radius 2 is 2.06 bits per heavy atom. The zero-order valence-corrected chi connectivity index (χ0v) is 18.1. The van der Waals surface area contributed by atoms with Gasteiger partial charge < -0.3 is 4.74 Å². The van der Waals surface area contributed by atoms with Gasteiger partial charge in [0, 0.05) is 6.42 Å². The molecule has 0 saturated heterocycles. The fraction of sp³-hybridized carbons (Fsp3) is 0.167. The number of nitriles is 2. The molecule has 2 aromatic carbocycles. The smallest absolute Gasteiger partial charge is 0.331 e. The molecule has 0 bridgehead atoms. The van der Waals surface area contributed by atoms with Crippen LogP contribution in [0.3, 0.4) is 0 Å². The molecule has 6 rings (SSSR count). The average molecular weight is 466 g/mol. The Bertz CT molecular complexity index is 1790. The number of halogens is 1. The second-order valence-electron chi connectivity index (χ2n) is 8.01. The highest BCUT2D eigenvalue weighted by Crippen LogP contribution is 2.37. The molecule has 0 radical (unpaired) electrons. The summed E-state index contributed by atoms with van der Waals surface area (Å²) in [6.07, 6.45) is 3.35. The molecule has 3 aromatic heterocycles. The molecule has 1 aliphatic rings. The molecule has 4 heterocycles. The first-order chi connectivity index (χ1) is 17.1. The minimum absolute atomic E-state index is 0.210. The van der Waals surface area contributed by atoms with Gasteiger partial charge in [0.2, 0.25) is 5.95 Å². The highest BCUT2D eigenvalue weighted by Gasteiger charge is 2.31. The van der Waals surface area contributed by atoms with Gasteiger partial charge >= 0.3 is 5.69 Å². The van der Waals surface area contributed by atoms with E-state index in [0.29, 0.717) is 40.9 Å². The molecule has 11 heteroatoms. The molecule has 5 aromatic rings. The van der Waals surface area contributed by atoms with Crippen LogP contribution in [0, 0.1) is 28.5 Å². The summed E-state index contributed by atoms with van der Waals surface area (Å²) in [6, 6.07) is 13.0. The Morgan fingerprint density at radius 3 is 2.89 bits per heavy atom. The van der Waals surface area contributed by atoms with Gasteiger partial charge in [0.05, 0.1) is 53.1 Å². The summed E-state index contributed by atoms with van der Waals surface area (Å²) < 4.78 is 24.8. The molecule has 0 N–H and O–H groups in total. The molecule has 0 fully saturated rings. The van der Waals surface area contributed by atoms with Crippen LogP contribution in [-0.4, -0.2) is 35.3 Å². The summed E-state index contributed by atoms with van der Waals surface area (Å²) in [5, 5.41) is 18.6. The summed E-state index contributed by atoms with van der Waals surface area (Å²) in [7, 11) is 0. The number of fused-ring (bicyclic) bond motifs is 3. The molecular formula is C24H15FN8O2. The first kappa shape index (κ1) is 20.6. The molecule has 1 aliphatic heterocycles. The van der Waals surface area contributed by atoms with E-state index < -0.39 is 17.5 Å². The van der Waals surface area contributed by atoms with Gasteiger partial charge in [-0.15, -0.1) is 0 Å². The molecule has 10 nitrogen and oxygen atoms in total. The molecule has 0 saturated carbocycles. The highest BCUT2D eigenvalue weighted by molar-refractivity contribution is 5.79. The number of aromatic nitrogens is 6. The SMILES string of the molecule is N#CCn1c(=O)n([C@@H]2CCOc3cccc(F)c32)c2nc(-n3cnc4ccc(C#N)cc43)ncc21. The number of hydrogen-bond acceptors (Lipinski definition) is 7. The van der Waals surface area contributed by atoms with Crippen LogP contribution in [0.1, 0.15) is 23.6 Å². The van der Waals surface area contributed by atoms with Gasteiger partial charge in [-0.25, -0.2) is 19.2 Å². The van der Waals surface area contributed by atoms with E-state index >= 15 is 0 Å². The summed E-state index contributed by atoms with van der Waals surface area (Å²) in [5.41, 5.74) is 2.11. The second-order valence-corrected chi connectivity index (χ2v) is 8.01. The van der Waals surface area contributed by atoms with Crippen molar-refractivity contribution in [3.63, 3.8) is 0 Å². The Morgan fingerprint density at radius 1 is 1.17 bits per heavy atom. The van der Waals surface area contributed by atoms with Gasteiger partial charge in [-0.2, -0.15) is 15.5 Å². The van der Waals surface area contributed by atoms with E-state index in [2.05, 4.69) is 21.0 Å². The fourth-order valence-electron chi connectivity index (χ4n) is 4.56. The van der Waals surface area contributed by atoms with Gasteiger partial charge in [0.25, 0.3) is 0 Å². The average Bonchev–Trinajstić information content (AvgIpc) is 3.42. The zero-order chi connectivity index (χ0) is 24.1. The summed E-state index contributed by atoms with van der Waals surface area (Å²) in [4.78, 5) is 26.9. The third kappa shape index (κ3) is 3.06. The van der Waals surface area contributed by atoms with Crippen molar-refractivity contribution in [2.75, 3.05) is 6.61 Å². The number of imidazole rings is 2. The van der Waals surface area contributed by atoms with E-state index in [1.807, 2.05) is 6.07 Å². The van der Waals surface area contributed by atoms with Crippen molar-refractivity contribution in [2.45, 2.75) is 19.0 Å². The topological polar surface area (TPSA) is 127 Å². The van der Waals surface area contributed by atoms with Crippen molar-refractivity contribution in [1.82, 2.24) is 28.7 Å². The van der Waals surface area contributed by atoms with Crippen LogP contribution in [0.15, 0.2) is 53.7 Å². The number of hydrogen-bond donors (Lipinski definition) is 0. The van der Waals surface area contributed by atoms with Crippen LogP contribution >= 0.6 is 0 Å². The predicted molar refractivity (Wildman–Crippen MR) is 121 cm³/mol. The van der Waals surface area contributed by atoms with Crippen LogP contribution in [0.2, 0.25) is 0 Å². The van der Waals surface area contributed by atoms with Crippen molar-refractivity contribution in [3.8, 4) is 23.8 Å². The Labute approximate surface area is 196 Å². The molecule has 35 heavy (non-hydrogen) atoms. The summed E-state index contributed by atoms with van der Waals surface area (Å²) in [5.74, 6) is 0.103. The standard InChI is InChI=1S/C24H15FN8O2/c25-15-2-1-3-20-21(15)17(6-9-35-20)33-22-19(31(8-7-26)24(33)34)12-28-23(30-22)32-13-29-16-5-4-14(11-27)10-18(16)32/h1-5,10,12-13,17H,6,8-9H2/t17-/m1/s1. The molecule has 0 amide bonds. The minimum atomic E-state index is -0.678. The lowest BCUT2D eigenvalue weighted by atomic mass is 9.99. The van der Waals surface area contributed by atoms with E-state index in [-0.39, 0.29) is 23.7 Å². The first-order valence-corrected chi connectivity index (χ1v) is 10.7. The van der Waals surface area contributed by atoms with Crippen molar-refractivity contribution < 1.29 is 9.13 Å². The monoisotopic (exact) mass is 466 g/mol. The molecule has 0 unspecified atom stereocenters. The molecule has 1 atom stereocenters. The number of benzene rings is 2. The minimum Gasteiger partial charge on any atom is -0.493 e. The number of ether oxygens (including phenoxy) is 1. The first-order valence-electron chi connectivity index (χ1n) is 10.7. The predicted octanol–water partition coefficient (Wildman–Crippen LogP) is 2.84. The largest absolute Gasteiger partial charge is 0.493 e. The molecule has 0 aliphatic carbocycles. The van der Waals surface area contributed by atoms with Crippen LogP contribution in [0.25, 0.3) is 28.1 Å².